The number of hydrogen-bond donors (Lipinski definition) is 0. The van der Waals surface area contributed by atoms with E-state index in [4.69, 9.17) is 0 Å². The van der Waals surface area contributed by atoms with Crippen molar-refractivity contribution in [1.29, 1.82) is 0 Å². The second kappa shape index (κ2) is 5.42. The number of likely N-dealkylation sites (tertiary alicyclic amines) is 1. The van der Waals surface area contributed by atoms with Crippen molar-refractivity contribution in [2.24, 2.45) is 5.92 Å². The molecule has 0 saturated carbocycles. The molecule has 2 fully saturated rings. The zero-order chi connectivity index (χ0) is 15.0. The smallest absolute Gasteiger partial charge is 0.243 e. The molecule has 2 saturated heterocycles. The summed E-state index contributed by atoms with van der Waals surface area (Å²) in [5.41, 5.74) is 0. The van der Waals surface area contributed by atoms with E-state index >= 15 is 0 Å². The van der Waals surface area contributed by atoms with Gasteiger partial charge in [-0.2, -0.15) is 4.31 Å². The van der Waals surface area contributed by atoms with Crippen LogP contribution in [0, 0.1) is 5.92 Å². The van der Waals surface area contributed by atoms with Gasteiger partial charge in [0.1, 0.15) is 6.04 Å². The standard InChI is InChI=1S/C15H20N2O3S/c1-2-16-11-12-8-9-17(14(10-12)15(16)18)21(19,20)13-6-4-3-5-7-13/h3-7,12,14H,2,8-11H2,1H3/t12-,14+/m0/s1. The third kappa shape index (κ3) is 2.46. The van der Waals surface area contributed by atoms with Gasteiger partial charge in [-0.25, -0.2) is 8.42 Å². The van der Waals surface area contributed by atoms with Gasteiger partial charge in [-0.05, 0) is 37.8 Å². The zero-order valence-electron chi connectivity index (χ0n) is 12.1. The van der Waals surface area contributed by atoms with Gasteiger partial charge in [-0.15, -0.1) is 0 Å². The SMILES string of the molecule is CCN1C[C@H]2CCN(S(=O)(=O)c3ccccc3)[C@H](C2)C1=O. The van der Waals surface area contributed by atoms with Gasteiger partial charge in [0.25, 0.3) is 0 Å². The number of piperidine rings is 2. The summed E-state index contributed by atoms with van der Waals surface area (Å²) in [4.78, 5) is 14.5. The van der Waals surface area contributed by atoms with Crippen molar-refractivity contribution in [3.05, 3.63) is 30.3 Å². The summed E-state index contributed by atoms with van der Waals surface area (Å²) in [5, 5.41) is 0. The van der Waals surface area contributed by atoms with Crippen LogP contribution in [0.5, 0.6) is 0 Å². The molecule has 0 N–H and O–H groups in total. The molecule has 2 bridgehead atoms. The first-order valence-corrected chi connectivity index (χ1v) is 8.83. The maximum absolute atomic E-state index is 12.8. The predicted octanol–water partition coefficient (Wildman–Crippen LogP) is 1.32. The highest BCUT2D eigenvalue weighted by molar-refractivity contribution is 7.89. The molecule has 3 rings (SSSR count). The van der Waals surface area contributed by atoms with Crippen LogP contribution in [-0.4, -0.2) is 49.2 Å². The lowest BCUT2D eigenvalue weighted by atomic mass is 9.87. The Hall–Kier alpha value is -1.40. The molecule has 5 nitrogen and oxygen atoms in total. The topological polar surface area (TPSA) is 57.7 Å². The quantitative estimate of drug-likeness (QED) is 0.846. The number of nitrogens with zero attached hydrogens (tertiary/aromatic N) is 2. The number of sulfonamides is 1. The molecule has 0 spiro atoms. The third-order valence-corrected chi connectivity index (χ3v) is 6.39. The molecule has 6 heteroatoms. The number of amides is 1. The number of hydrogen-bond acceptors (Lipinski definition) is 3. The second-order valence-corrected chi connectivity index (χ2v) is 7.60. The summed E-state index contributed by atoms with van der Waals surface area (Å²) in [5.74, 6) is 0.378. The van der Waals surface area contributed by atoms with E-state index in [1.165, 1.54) is 4.31 Å². The molecule has 2 atom stereocenters. The highest BCUT2D eigenvalue weighted by atomic mass is 32.2. The first-order valence-electron chi connectivity index (χ1n) is 7.39. The zero-order valence-corrected chi connectivity index (χ0v) is 12.9. The average molecular weight is 308 g/mol. The monoisotopic (exact) mass is 308 g/mol. The number of benzene rings is 1. The molecule has 114 valence electrons. The Labute approximate surface area is 125 Å². The fourth-order valence-electron chi connectivity index (χ4n) is 3.32. The minimum absolute atomic E-state index is 0.0482. The highest BCUT2D eigenvalue weighted by Gasteiger charge is 2.45. The van der Waals surface area contributed by atoms with Crippen molar-refractivity contribution in [2.45, 2.75) is 30.7 Å². The van der Waals surface area contributed by atoms with Gasteiger partial charge in [0, 0.05) is 19.6 Å². The minimum atomic E-state index is -3.59. The Morgan fingerprint density at radius 1 is 1.24 bits per heavy atom. The Balaban J connectivity index is 1.94. The average Bonchev–Trinajstić information content (AvgIpc) is 2.51. The van der Waals surface area contributed by atoms with Crippen LogP contribution < -0.4 is 0 Å². The van der Waals surface area contributed by atoms with E-state index in [9.17, 15) is 13.2 Å². The molecular weight excluding hydrogens is 288 g/mol. The van der Waals surface area contributed by atoms with Gasteiger partial charge in [0.05, 0.1) is 4.90 Å². The molecule has 0 radical (unpaired) electrons. The fourth-order valence-corrected chi connectivity index (χ4v) is 4.95. The van der Waals surface area contributed by atoms with Crippen LogP contribution in [0.2, 0.25) is 0 Å². The Morgan fingerprint density at radius 2 is 1.95 bits per heavy atom. The van der Waals surface area contributed by atoms with E-state index in [0.29, 0.717) is 25.4 Å². The number of rotatable bonds is 3. The van der Waals surface area contributed by atoms with Crippen LogP contribution in [0.25, 0.3) is 0 Å². The van der Waals surface area contributed by atoms with Crippen molar-refractivity contribution in [2.75, 3.05) is 19.6 Å². The van der Waals surface area contributed by atoms with E-state index in [1.54, 1.807) is 35.2 Å². The predicted molar refractivity (Wildman–Crippen MR) is 79.1 cm³/mol. The summed E-state index contributed by atoms with van der Waals surface area (Å²) >= 11 is 0. The van der Waals surface area contributed by atoms with Gasteiger partial charge in [-0.3, -0.25) is 4.79 Å². The maximum Gasteiger partial charge on any atom is 0.243 e. The van der Waals surface area contributed by atoms with Crippen LogP contribution in [0.4, 0.5) is 0 Å². The maximum atomic E-state index is 12.8. The van der Waals surface area contributed by atoms with Crippen LogP contribution in [0.3, 0.4) is 0 Å². The molecule has 21 heavy (non-hydrogen) atoms. The number of carbonyl (C=O) groups is 1. The largest absolute Gasteiger partial charge is 0.341 e. The Kier molecular flexibility index (Phi) is 3.75. The number of likely N-dealkylation sites (N-methyl/N-ethyl adjacent to an activating group) is 1. The normalized spacial score (nSPS) is 26.9. The molecule has 0 aliphatic carbocycles. The van der Waals surface area contributed by atoms with Crippen molar-refractivity contribution >= 4 is 15.9 Å². The number of carbonyl (C=O) groups excluding carboxylic acids is 1. The highest BCUT2D eigenvalue weighted by Crippen LogP contribution is 2.33. The first-order chi connectivity index (χ1) is 10.0. The van der Waals surface area contributed by atoms with Crippen LogP contribution in [0.15, 0.2) is 35.2 Å². The van der Waals surface area contributed by atoms with Crippen LogP contribution in [0.1, 0.15) is 19.8 Å². The molecule has 1 aromatic rings. The Bertz CT molecular complexity index is 630. The van der Waals surface area contributed by atoms with Crippen molar-refractivity contribution < 1.29 is 13.2 Å². The molecule has 2 aliphatic heterocycles. The third-order valence-electron chi connectivity index (χ3n) is 4.47. The van der Waals surface area contributed by atoms with Gasteiger partial charge in [0.15, 0.2) is 0 Å². The van der Waals surface area contributed by atoms with E-state index in [1.807, 2.05) is 6.92 Å². The van der Waals surface area contributed by atoms with Gasteiger partial charge in [0.2, 0.25) is 15.9 Å². The molecule has 0 aromatic heterocycles. The second-order valence-electron chi connectivity index (χ2n) is 5.71. The van der Waals surface area contributed by atoms with Crippen LogP contribution >= 0.6 is 0 Å². The van der Waals surface area contributed by atoms with E-state index in [-0.39, 0.29) is 10.8 Å². The van der Waals surface area contributed by atoms with E-state index in [2.05, 4.69) is 0 Å². The molecule has 1 aromatic carbocycles. The molecule has 1 amide bonds. The summed E-state index contributed by atoms with van der Waals surface area (Å²) in [6.45, 7) is 3.79. The van der Waals surface area contributed by atoms with Gasteiger partial charge in [-0.1, -0.05) is 18.2 Å². The molecular formula is C15H20N2O3S. The number of fused-ring (bicyclic) bond motifs is 2. The summed E-state index contributed by atoms with van der Waals surface area (Å²) < 4.78 is 27.0. The van der Waals surface area contributed by atoms with Gasteiger partial charge < -0.3 is 4.90 Å². The summed E-state index contributed by atoms with van der Waals surface area (Å²) in [6.07, 6.45) is 1.48. The minimum Gasteiger partial charge on any atom is -0.341 e. The molecule has 0 unspecified atom stereocenters. The Morgan fingerprint density at radius 3 is 2.62 bits per heavy atom. The van der Waals surface area contributed by atoms with Gasteiger partial charge >= 0.3 is 0 Å². The fraction of sp³-hybridized carbons (Fsp3) is 0.533. The molecule has 2 aliphatic rings. The van der Waals surface area contributed by atoms with Crippen molar-refractivity contribution in [1.82, 2.24) is 9.21 Å². The summed E-state index contributed by atoms with van der Waals surface area (Å²) in [6, 6.07) is 7.86. The lowest BCUT2D eigenvalue weighted by Gasteiger charge is -2.45. The lowest BCUT2D eigenvalue weighted by Crippen LogP contribution is -2.59. The first kappa shape index (κ1) is 14.5. The van der Waals surface area contributed by atoms with Crippen molar-refractivity contribution in [3.8, 4) is 0 Å². The van der Waals surface area contributed by atoms with E-state index < -0.39 is 16.1 Å². The summed E-state index contributed by atoms with van der Waals surface area (Å²) in [7, 11) is -3.59. The van der Waals surface area contributed by atoms with Crippen molar-refractivity contribution in [3.63, 3.8) is 0 Å². The van der Waals surface area contributed by atoms with E-state index in [0.717, 1.165) is 13.0 Å². The lowest BCUT2D eigenvalue weighted by molar-refractivity contribution is -0.142. The van der Waals surface area contributed by atoms with Crippen LogP contribution in [-0.2, 0) is 14.8 Å². The molecule has 2 heterocycles.